The molecule has 0 aliphatic carbocycles. The Morgan fingerprint density at radius 2 is 2.12 bits per heavy atom. The molecule has 2 aliphatic rings. The highest BCUT2D eigenvalue weighted by Crippen LogP contribution is 2.22. The predicted molar refractivity (Wildman–Crippen MR) is 99.5 cm³/mol. The molecule has 0 radical (unpaired) electrons. The van der Waals surface area contributed by atoms with Gasteiger partial charge in [0, 0.05) is 44.0 Å². The highest BCUT2D eigenvalue weighted by atomic mass is 35.5. The van der Waals surface area contributed by atoms with E-state index in [4.69, 9.17) is 9.84 Å². The smallest absolute Gasteiger partial charge is 0.328 e. The lowest BCUT2D eigenvalue weighted by molar-refractivity contribution is -0.131. The maximum absolute atomic E-state index is 12.2. The van der Waals surface area contributed by atoms with Crippen LogP contribution in [0.1, 0.15) is 17.5 Å². The van der Waals surface area contributed by atoms with Crippen LogP contribution in [0.15, 0.2) is 18.3 Å². The number of ether oxygens (including phenoxy) is 1. The molecule has 1 aromatic rings. The van der Waals surface area contributed by atoms with Gasteiger partial charge in [0.1, 0.15) is 5.82 Å². The summed E-state index contributed by atoms with van der Waals surface area (Å²) in [5, 5.41) is 11.5. The van der Waals surface area contributed by atoms with Crippen molar-refractivity contribution in [1.82, 2.24) is 14.8 Å². The van der Waals surface area contributed by atoms with Crippen LogP contribution in [0.25, 0.3) is 6.08 Å². The number of aromatic nitrogens is 1. The summed E-state index contributed by atoms with van der Waals surface area (Å²) >= 11 is 0. The van der Waals surface area contributed by atoms with Gasteiger partial charge in [-0.3, -0.25) is 10.2 Å². The average molecular weight is 383 g/mol. The van der Waals surface area contributed by atoms with Gasteiger partial charge in [-0.05, 0) is 24.1 Å². The highest BCUT2D eigenvalue weighted by Gasteiger charge is 2.23. The standard InChI is InChI=1S/C17H22N4O4.ClH/c22-15(23)3-2-13-10-14-12-21(17(24)19-16(14)18-11-13)5-1-4-20-6-8-25-9-7-20;/h2-3,10-11H,1,4-9,12H2,(H,22,23)(H,18,19,24);1H. The molecule has 0 saturated carbocycles. The topological polar surface area (TPSA) is 95.0 Å². The second-order valence-electron chi connectivity index (χ2n) is 6.11. The Labute approximate surface area is 158 Å². The van der Waals surface area contributed by atoms with Gasteiger partial charge in [0.05, 0.1) is 19.8 Å². The van der Waals surface area contributed by atoms with Crippen LogP contribution in [0, 0.1) is 0 Å². The first-order valence-corrected chi connectivity index (χ1v) is 8.38. The molecule has 0 unspecified atom stereocenters. The minimum absolute atomic E-state index is 0. The number of halogens is 1. The molecule has 1 saturated heterocycles. The number of carboxylic acid groups (broad SMARTS) is 1. The zero-order chi connectivity index (χ0) is 17.6. The number of hydrogen-bond acceptors (Lipinski definition) is 5. The van der Waals surface area contributed by atoms with E-state index in [9.17, 15) is 9.59 Å². The van der Waals surface area contributed by atoms with Crippen LogP contribution in [0.4, 0.5) is 10.6 Å². The number of urea groups is 1. The molecule has 0 bridgehead atoms. The Morgan fingerprint density at radius 1 is 1.35 bits per heavy atom. The summed E-state index contributed by atoms with van der Waals surface area (Å²) in [6.07, 6.45) is 5.02. The van der Waals surface area contributed by atoms with E-state index in [1.54, 1.807) is 11.1 Å². The van der Waals surface area contributed by atoms with E-state index in [0.717, 1.165) is 50.9 Å². The second kappa shape index (κ2) is 9.51. The Bertz CT molecular complexity index is 677. The number of fused-ring (bicyclic) bond motifs is 1. The number of nitrogens with zero attached hydrogens (tertiary/aromatic N) is 3. The molecular formula is C17H23ClN4O4. The number of carboxylic acids is 1. The highest BCUT2D eigenvalue weighted by molar-refractivity contribution is 5.91. The van der Waals surface area contributed by atoms with E-state index in [1.165, 1.54) is 6.08 Å². The third-order valence-corrected chi connectivity index (χ3v) is 4.29. The average Bonchev–Trinajstić information content (AvgIpc) is 2.61. The Morgan fingerprint density at radius 3 is 2.85 bits per heavy atom. The number of morpholine rings is 1. The fraction of sp³-hybridized carbons (Fsp3) is 0.471. The number of anilines is 1. The molecule has 2 amide bonds. The van der Waals surface area contributed by atoms with Gasteiger partial charge in [0.15, 0.2) is 0 Å². The zero-order valence-electron chi connectivity index (χ0n) is 14.4. The molecule has 2 N–H and O–H groups in total. The number of carbonyl (C=O) groups is 2. The van der Waals surface area contributed by atoms with Crippen LogP contribution in [0.5, 0.6) is 0 Å². The van der Waals surface area contributed by atoms with Crippen LogP contribution in [-0.2, 0) is 16.1 Å². The van der Waals surface area contributed by atoms with E-state index in [2.05, 4.69) is 15.2 Å². The van der Waals surface area contributed by atoms with Crippen molar-refractivity contribution in [2.45, 2.75) is 13.0 Å². The molecule has 0 atom stereocenters. The van der Waals surface area contributed by atoms with Gasteiger partial charge in [-0.15, -0.1) is 12.4 Å². The Kier molecular flexibility index (Phi) is 7.38. The maximum atomic E-state index is 12.2. The molecule has 1 aromatic heterocycles. The van der Waals surface area contributed by atoms with Crippen molar-refractivity contribution in [3.8, 4) is 0 Å². The maximum Gasteiger partial charge on any atom is 0.328 e. The fourth-order valence-electron chi connectivity index (χ4n) is 2.97. The van der Waals surface area contributed by atoms with E-state index in [0.29, 0.717) is 24.5 Å². The molecule has 9 heteroatoms. The summed E-state index contributed by atoms with van der Waals surface area (Å²) in [6.45, 7) is 5.52. The van der Waals surface area contributed by atoms with Crippen molar-refractivity contribution in [1.29, 1.82) is 0 Å². The van der Waals surface area contributed by atoms with E-state index < -0.39 is 5.97 Å². The molecule has 26 heavy (non-hydrogen) atoms. The summed E-state index contributed by atoms with van der Waals surface area (Å²) < 4.78 is 5.33. The van der Waals surface area contributed by atoms with Crippen LogP contribution in [-0.4, -0.2) is 71.3 Å². The van der Waals surface area contributed by atoms with Crippen LogP contribution in [0.3, 0.4) is 0 Å². The normalized spacial score (nSPS) is 17.5. The molecule has 3 heterocycles. The SMILES string of the molecule is Cl.O=C(O)C=Cc1cnc2c(c1)CN(CCCN1CCOCC1)C(=O)N2. The molecular weight excluding hydrogens is 360 g/mol. The first-order valence-electron chi connectivity index (χ1n) is 8.38. The molecule has 2 aliphatic heterocycles. The summed E-state index contributed by atoms with van der Waals surface area (Å²) in [7, 11) is 0. The van der Waals surface area contributed by atoms with E-state index >= 15 is 0 Å². The molecule has 0 spiro atoms. The van der Waals surface area contributed by atoms with Crippen molar-refractivity contribution in [3.05, 3.63) is 29.5 Å². The monoisotopic (exact) mass is 382 g/mol. The van der Waals surface area contributed by atoms with Gasteiger partial charge < -0.3 is 14.7 Å². The van der Waals surface area contributed by atoms with Crippen molar-refractivity contribution in [2.24, 2.45) is 0 Å². The van der Waals surface area contributed by atoms with E-state index in [-0.39, 0.29) is 18.4 Å². The third kappa shape index (κ3) is 5.42. The predicted octanol–water partition coefficient (Wildman–Crippen LogP) is 1.67. The minimum Gasteiger partial charge on any atom is -0.478 e. The number of aliphatic carboxylic acids is 1. The van der Waals surface area contributed by atoms with Crippen LogP contribution in [0.2, 0.25) is 0 Å². The van der Waals surface area contributed by atoms with Gasteiger partial charge in [-0.25, -0.2) is 14.6 Å². The van der Waals surface area contributed by atoms with Gasteiger partial charge >= 0.3 is 12.0 Å². The van der Waals surface area contributed by atoms with Crippen LogP contribution < -0.4 is 5.32 Å². The lowest BCUT2D eigenvalue weighted by atomic mass is 10.1. The number of nitrogens with one attached hydrogen (secondary N) is 1. The second-order valence-corrected chi connectivity index (χ2v) is 6.11. The molecule has 8 nitrogen and oxygen atoms in total. The number of amides is 2. The molecule has 3 rings (SSSR count). The summed E-state index contributed by atoms with van der Waals surface area (Å²) in [5.74, 6) is -0.460. The zero-order valence-corrected chi connectivity index (χ0v) is 15.2. The van der Waals surface area contributed by atoms with Gasteiger partial charge in [-0.2, -0.15) is 0 Å². The Hall–Kier alpha value is -2.16. The number of carbonyl (C=O) groups excluding carboxylic acids is 1. The van der Waals surface area contributed by atoms with Crippen molar-refractivity contribution in [3.63, 3.8) is 0 Å². The first kappa shape index (κ1) is 20.2. The molecule has 0 aromatic carbocycles. The first-order chi connectivity index (χ1) is 12.1. The number of rotatable bonds is 6. The number of pyridine rings is 1. The summed E-state index contributed by atoms with van der Waals surface area (Å²) in [4.78, 5) is 31.1. The van der Waals surface area contributed by atoms with Crippen molar-refractivity contribution in [2.75, 3.05) is 44.7 Å². The molecule has 1 fully saturated rings. The largest absolute Gasteiger partial charge is 0.478 e. The fourth-order valence-corrected chi connectivity index (χ4v) is 2.97. The van der Waals surface area contributed by atoms with E-state index in [1.807, 2.05) is 6.07 Å². The molecule has 142 valence electrons. The van der Waals surface area contributed by atoms with Crippen molar-refractivity contribution < 1.29 is 19.4 Å². The lowest BCUT2D eigenvalue weighted by Gasteiger charge is -2.31. The summed E-state index contributed by atoms with van der Waals surface area (Å²) in [5.41, 5.74) is 1.59. The summed E-state index contributed by atoms with van der Waals surface area (Å²) in [6, 6.07) is 1.71. The quantitative estimate of drug-likeness (QED) is 0.727. The van der Waals surface area contributed by atoms with Gasteiger partial charge in [0.2, 0.25) is 0 Å². The van der Waals surface area contributed by atoms with Gasteiger partial charge in [-0.1, -0.05) is 0 Å². The minimum atomic E-state index is -1.00. The lowest BCUT2D eigenvalue weighted by Crippen LogP contribution is -2.42. The van der Waals surface area contributed by atoms with Gasteiger partial charge in [0.25, 0.3) is 0 Å². The van der Waals surface area contributed by atoms with Crippen LogP contribution >= 0.6 is 12.4 Å². The Balaban J connectivity index is 0.00000243. The number of hydrogen-bond donors (Lipinski definition) is 2. The third-order valence-electron chi connectivity index (χ3n) is 4.29. The van der Waals surface area contributed by atoms with Crippen molar-refractivity contribution >= 4 is 36.3 Å².